The van der Waals surface area contributed by atoms with Gasteiger partial charge in [-0.3, -0.25) is 14.3 Å². The molecule has 31 heavy (non-hydrogen) atoms. The number of carbonyl (C=O) groups excluding carboxylic acids is 2. The van der Waals surface area contributed by atoms with E-state index >= 15 is 0 Å². The van der Waals surface area contributed by atoms with Crippen molar-refractivity contribution < 1.29 is 23.1 Å². The fourth-order valence-corrected chi connectivity index (χ4v) is 5.00. The van der Waals surface area contributed by atoms with Crippen molar-refractivity contribution in [3.05, 3.63) is 89.5 Å². The molecule has 1 atom stereocenters. The highest BCUT2D eigenvalue weighted by atomic mass is 32.2. The van der Waals surface area contributed by atoms with Crippen LogP contribution in [0, 0.1) is 6.92 Å². The molecule has 0 bridgehead atoms. The highest BCUT2D eigenvalue weighted by Crippen LogP contribution is 2.39. The maximum Gasteiger partial charge on any atom is 0.262 e. The number of Topliss-reactive ketones (excluding diaryl/α,β-unsaturated/α-hetero) is 1. The molecule has 8 heteroatoms. The van der Waals surface area contributed by atoms with Crippen LogP contribution in [-0.2, 0) is 20.4 Å². The molecule has 3 N–H and O–H groups in total. The van der Waals surface area contributed by atoms with Crippen molar-refractivity contribution in [3.63, 3.8) is 0 Å². The van der Waals surface area contributed by atoms with Gasteiger partial charge in [-0.1, -0.05) is 48.5 Å². The first-order chi connectivity index (χ1) is 14.7. The number of hydrogen-bond donors (Lipinski definition) is 3. The van der Waals surface area contributed by atoms with Crippen molar-refractivity contribution in [2.75, 3.05) is 10.0 Å². The predicted molar refractivity (Wildman–Crippen MR) is 116 cm³/mol. The van der Waals surface area contributed by atoms with Crippen LogP contribution >= 0.6 is 0 Å². The Morgan fingerprint density at radius 1 is 1.00 bits per heavy atom. The van der Waals surface area contributed by atoms with E-state index in [1.54, 1.807) is 61.5 Å². The van der Waals surface area contributed by atoms with Gasteiger partial charge in [0.2, 0.25) is 0 Å². The van der Waals surface area contributed by atoms with E-state index in [9.17, 15) is 23.1 Å². The molecule has 0 aromatic heterocycles. The smallest absolute Gasteiger partial charge is 0.262 e. The highest BCUT2D eigenvalue weighted by Gasteiger charge is 2.46. The number of hydrogen-bond acceptors (Lipinski definition) is 5. The number of fused-ring (bicyclic) bond motifs is 1. The van der Waals surface area contributed by atoms with Crippen LogP contribution in [0.15, 0.2) is 77.7 Å². The van der Waals surface area contributed by atoms with Crippen LogP contribution < -0.4 is 10.0 Å². The lowest BCUT2D eigenvalue weighted by Gasteiger charge is -2.21. The normalized spacial score (nSPS) is 17.7. The molecular weight excluding hydrogens is 416 g/mol. The van der Waals surface area contributed by atoms with Gasteiger partial charge >= 0.3 is 0 Å². The standard InChI is InChI=1S/C23H20N2O5S/c1-15-8-2-7-13-21(15)31(29,30)25-18-11-5-3-9-16(18)20(26)14-23(28)17-10-4-6-12-19(17)24-22(23)27/h2-13,25,28H,14H2,1H3,(H,24,27)/t23-/m1/s1. The lowest BCUT2D eigenvalue weighted by atomic mass is 9.88. The fourth-order valence-electron chi connectivity index (χ4n) is 3.68. The SMILES string of the molecule is Cc1ccccc1S(=O)(=O)Nc1ccccc1C(=O)C[C@]1(O)C(=O)Nc2ccccc21. The van der Waals surface area contributed by atoms with Gasteiger partial charge in [-0.15, -0.1) is 0 Å². The molecule has 0 aliphatic carbocycles. The highest BCUT2D eigenvalue weighted by molar-refractivity contribution is 7.92. The average Bonchev–Trinajstić information content (AvgIpc) is 2.98. The molecule has 0 saturated carbocycles. The molecule has 158 valence electrons. The quantitative estimate of drug-likeness (QED) is 0.514. The second-order valence-electron chi connectivity index (χ2n) is 7.38. The Morgan fingerprint density at radius 2 is 1.65 bits per heavy atom. The average molecular weight is 436 g/mol. The Hall–Kier alpha value is -3.49. The van der Waals surface area contributed by atoms with Crippen molar-refractivity contribution in [1.82, 2.24) is 0 Å². The predicted octanol–water partition coefficient (Wildman–Crippen LogP) is 3.21. The Balaban J connectivity index is 1.66. The van der Waals surface area contributed by atoms with E-state index in [0.717, 1.165) is 0 Å². The summed E-state index contributed by atoms with van der Waals surface area (Å²) in [5.74, 6) is -1.27. The van der Waals surface area contributed by atoms with Gasteiger partial charge in [0.15, 0.2) is 11.4 Å². The van der Waals surface area contributed by atoms with Crippen LogP contribution in [0.2, 0.25) is 0 Å². The van der Waals surface area contributed by atoms with Crippen LogP contribution in [0.3, 0.4) is 0 Å². The molecule has 1 heterocycles. The number of anilines is 2. The molecule has 4 rings (SSSR count). The third-order valence-electron chi connectivity index (χ3n) is 5.27. The second-order valence-corrected chi connectivity index (χ2v) is 9.03. The van der Waals surface area contributed by atoms with Crippen LogP contribution in [0.25, 0.3) is 0 Å². The molecule has 0 saturated heterocycles. The molecule has 0 radical (unpaired) electrons. The van der Waals surface area contributed by atoms with Crippen molar-refractivity contribution >= 4 is 33.1 Å². The summed E-state index contributed by atoms with van der Waals surface area (Å²) in [5, 5.41) is 13.6. The van der Waals surface area contributed by atoms with Crippen LogP contribution in [0.4, 0.5) is 11.4 Å². The van der Waals surface area contributed by atoms with Crippen molar-refractivity contribution in [3.8, 4) is 0 Å². The molecule has 1 aliphatic rings. The lowest BCUT2D eigenvalue weighted by molar-refractivity contribution is -0.133. The number of carbonyl (C=O) groups is 2. The summed E-state index contributed by atoms with van der Waals surface area (Å²) in [4.78, 5) is 25.6. The monoisotopic (exact) mass is 436 g/mol. The number of aliphatic hydroxyl groups is 1. The second kappa shape index (κ2) is 7.64. The van der Waals surface area contributed by atoms with Gasteiger partial charge in [-0.05, 0) is 36.8 Å². The van der Waals surface area contributed by atoms with E-state index in [2.05, 4.69) is 10.0 Å². The van der Waals surface area contributed by atoms with E-state index in [4.69, 9.17) is 0 Å². The summed E-state index contributed by atoms with van der Waals surface area (Å²) < 4.78 is 28.2. The number of sulfonamides is 1. The Kier molecular flexibility index (Phi) is 5.12. The van der Waals surface area contributed by atoms with Gasteiger partial charge in [-0.2, -0.15) is 0 Å². The number of para-hydroxylation sites is 2. The van der Waals surface area contributed by atoms with Crippen LogP contribution in [-0.4, -0.2) is 25.2 Å². The van der Waals surface area contributed by atoms with E-state index in [0.29, 0.717) is 16.8 Å². The van der Waals surface area contributed by atoms with Gasteiger partial charge in [0.1, 0.15) is 0 Å². The number of amides is 1. The minimum atomic E-state index is -3.95. The van der Waals surface area contributed by atoms with E-state index < -0.39 is 33.7 Å². The Morgan fingerprint density at radius 3 is 2.42 bits per heavy atom. The molecular formula is C23H20N2O5S. The molecule has 3 aromatic rings. The van der Waals surface area contributed by atoms with Crippen molar-refractivity contribution in [2.45, 2.75) is 23.8 Å². The maximum absolute atomic E-state index is 13.1. The number of aryl methyl sites for hydroxylation is 1. The summed E-state index contributed by atoms with van der Waals surface area (Å²) in [7, 11) is -3.95. The maximum atomic E-state index is 13.1. The first-order valence-electron chi connectivity index (χ1n) is 9.56. The van der Waals surface area contributed by atoms with E-state index in [1.807, 2.05) is 0 Å². The first kappa shape index (κ1) is 20.8. The van der Waals surface area contributed by atoms with Gasteiger partial charge in [0.05, 0.1) is 17.0 Å². The number of benzene rings is 3. The number of ketones is 1. The molecule has 1 amide bonds. The Bertz CT molecular complexity index is 1300. The number of nitrogens with one attached hydrogen (secondary N) is 2. The molecule has 3 aromatic carbocycles. The first-order valence-corrected chi connectivity index (χ1v) is 11.0. The third kappa shape index (κ3) is 3.71. The molecule has 0 fully saturated rings. The molecule has 7 nitrogen and oxygen atoms in total. The molecule has 0 unspecified atom stereocenters. The topological polar surface area (TPSA) is 113 Å². The summed E-state index contributed by atoms with van der Waals surface area (Å²) in [6, 6.07) is 19.2. The summed E-state index contributed by atoms with van der Waals surface area (Å²) in [6.07, 6.45) is -0.529. The minimum Gasteiger partial charge on any atom is -0.375 e. The summed E-state index contributed by atoms with van der Waals surface area (Å²) in [6.45, 7) is 1.68. The zero-order chi connectivity index (χ0) is 22.2. The lowest BCUT2D eigenvalue weighted by Crippen LogP contribution is -2.36. The van der Waals surface area contributed by atoms with Crippen LogP contribution in [0.5, 0.6) is 0 Å². The van der Waals surface area contributed by atoms with Crippen molar-refractivity contribution in [1.29, 1.82) is 0 Å². The summed E-state index contributed by atoms with van der Waals surface area (Å²) in [5.41, 5.74) is -0.582. The third-order valence-corrected chi connectivity index (χ3v) is 6.79. The van der Waals surface area contributed by atoms with Crippen LogP contribution in [0.1, 0.15) is 27.9 Å². The zero-order valence-corrected chi connectivity index (χ0v) is 17.4. The Labute approximate surface area is 179 Å². The number of rotatable bonds is 6. The molecule has 0 spiro atoms. The van der Waals surface area contributed by atoms with Crippen molar-refractivity contribution in [2.24, 2.45) is 0 Å². The fraction of sp³-hybridized carbons (Fsp3) is 0.130. The summed E-state index contributed by atoms with van der Waals surface area (Å²) >= 11 is 0. The molecule has 1 aliphatic heterocycles. The van der Waals surface area contributed by atoms with Gasteiger partial charge in [0.25, 0.3) is 15.9 Å². The minimum absolute atomic E-state index is 0.0604. The van der Waals surface area contributed by atoms with E-state index in [1.165, 1.54) is 18.2 Å². The largest absolute Gasteiger partial charge is 0.375 e. The van der Waals surface area contributed by atoms with Gasteiger partial charge in [-0.25, -0.2) is 8.42 Å². The van der Waals surface area contributed by atoms with Gasteiger partial charge in [0, 0.05) is 16.8 Å². The van der Waals surface area contributed by atoms with E-state index in [-0.39, 0.29) is 16.1 Å². The zero-order valence-electron chi connectivity index (χ0n) is 16.6. The van der Waals surface area contributed by atoms with Gasteiger partial charge < -0.3 is 10.4 Å².